The summed E-state index contributed by atoms with van der Waals surface area (Å²) in [5.41, 5.74) is 0. The third-order valence-corrected chi connectivity index (χ3v) is 9.78. The van der Waals surface area contributed by atoms with Gasteiger partial charge in [0.2, 0.25) is 11.0 Å². The minimum atomic E-state index is -0.130. The maximum absolute atomic E-state index is 12.2. The maximum atomic E-state index is 12.2. The van der Waals surface area contributed by atoms with Crippen molar-refractivity contribution in [3.05, 3.63) is 57.7 Å². The number of rotatable bonds is 13. The lowest BCUT2D eigenvalue weighted by Crippen LogP contribution is -2.13. The van der Waals surface area contributed by atoms with Crippen molar-refractivity contribution < 1.29 is 9.59 Å². The summed E-state index contributed by atoms with van der Waals surface area (Å²) in [5, 5.41) is 22.5. The van der Waals surface area contributed by atoms with Gasteiger partial charge in [0.25, 0.3) is 0 Å². The smallest absolute Gasteiger partial charge is 0.231 e. The molecule has 184 valence electrons. The number of nitrogens with zero attached hydrogens (tertiary/aromatic N) is 4. The maximum Gasteiger partial charge on any atom is 0.231 e. The summed E-state index contributed by atoms with van der Waals surface area (Å²) in [4.78, 5) is 26.2. The second-order valence-electron chi connectivity index (χ2n) is 7.23. The predicted octanol–water partition coefficient (Wildman–Crippen LogP) is 5.87. The first-order valence-electron chi connectivity index (χ1n) is 10.4. The number of hydrogen-bond donors (Lipinski definition) is 1. The Bertz CT molecular complexity index is 1190. The summed E-state index contributed by atoms with van der Waals surface area (Å²) < 4.78 is 1.36. The van der Waals surface area contributed by atoms with Gasteiger partial charge in [-0.15, -0.1) is 54.4 Å². The lowest BCUT2D eigenvalue weighted by Gasteiger charge is -1.98. The van der Waals surface area contributed by atoms with Gasteiger partial charge in [-0.1, -0.05) is 34.5 Å². The van der Waals surface area contributed by atoms with Crippen LogP contribution in [0.5, 0.6) is 0 Å². The number of amides is 1. The monoisotopic (exact) mass is 603 g/mol. The van der Waals surface area contributed by atoms with Crippen molar-refractivity contribution in [2.45, 2.75) is 32.1 Å². The van der Waals surface area contributed by atoms with Crippen LogP contribution in [0.4, 0.5) is 5.13 Å². The number of aryl methyl sites for hydroxylation is 2. The molecule has 0 aromatic carbocycles. The molecule has 0 fully saturated rings. The van der Waals surface area contributed by atoms with Crippen molar-refractivity contribution in [3.63, 3.8) is 0 Å². The molecule has 35 heavy (non-hydrogen) atoms. The van der Waals surface area contributed by atoms with E-state index >= 15 is 0 Å². The highest BCUT2D eigenvalue weighted by Crippen LogP contribution is 2.24. The molecule has 1 N–H and O–H groups in total. The molecule has 0 spiro atoms. The summed E-state index contributed by atoms with van der Waals surface area (Å²) in [6, 6.07) is 7.32. The lowest BCUT2D eigenvalue weighted by molar-refractivity contribution is -0.118. The first-order valence-corrected chi connectivity index (χ1v) is 15.6. The molecular weight excluding hydrogens is 586 g/mol. The van der Waals surface area contributed by atoms with Crippen LogP contribution in [0, 0.1) is 0 Å². The van der Waals surface area contributed by atoms with Crippen LogP contribution in [0.3, 0.4) is 0 Å². The van der Waals surface area contributed by atoms with Crippen molar-refractivity contribution in [1.82, 2.24) is 20.4 Å². The zero-order valence-corrected chi connectivity index (χ0v) is 23.8. The minimum absolute atomic E-state index is 0.115. The van der Waals surface area contributed by atoms with Crippen molar-refractivity contribution in [2.24, 2.45) is 0 Å². The third-order valence-electron chi connectivity index (χ3n) is 4.45. The van der Waals surface area contributed by atoms with E-state index in [1.54, 1.807) is 17.8 Å². The van der Waals surface area contributed by atoms with E-state index in [0.29, 0.717) is 26.6 Å². The number of halogens is 2. The number of Topliss-reactive ketones (excluding diaryl/α,β-unsaturated/α-hetero) is 1. The number of thiophene rings is 2. The van der Waals surface area contributed by atoms with Crippen LogP contribution in [-0.4, -0.2) is 43.6 Å². The van der Waals surface area contributed by atoms with Gasteiger partial charge in [-0.25, -0.2) is 0 Å². The van der Waals surface area contributed by atoms with Crippen LogP contribution in [0.2, 0.25) is 8.67 Å². The number of aromatic nitrogens is 4. The molecule has 4 aromatic rings. The summed E-state index contributed by atoms with van der Waals surface area (Å²) in [6.45, 7) is 0. The van der Waals surface area contributed by atoms with E-state index in [0.717, 1.165) is 49.1 Å². The van der Waals surface area contributed by atoms with Gasteiger partial charge in [-0.05, 0) is 35.8 Å². The molecule has 0 aliphatic heterocycles. The number of thioether (sulfide) groups is 1. The minimum Gasteiger partial charge on any atom is -0.300 e. The first kappa shape index (κ1) is 26.6. The number of carbonyl (C=O) groups is 2. The molecule has 0 saturated carbocycles. The highest BCUT2D eigenvalue weighted by molar-refractivity contribution is 7.99. The van der Waals surface area contributed by atoms with Crippen LogP contribution in [0.1, 0.15) is 24.8 Å². The normalized spacial score (nSPS) is 11.1. The summed E-state index contributed by atoms with van der Waals surface area (Å²) >= 11 is 19.3. The molecule has 0 saturated heterocycles. The molecule has 14 heteroatoms. The van der Waals surface area contributed by atoms with Crippen molar-refractivity contribution in [2.75, 3.05) is 16.8 Å². The summed E-state index contributed by atoms with van der Waals surface area (Å²) in [6.07, 6.45) is 2.54. The Morgan fingerprint density at radius 2 is 1.34 bits per heavy atom. The number of hydrogen-bond acceptors (Lipinski definition) is 11. The Labute approximate surface area is 232 Å². The fraction of sp³-hybridized carbons (Fsp3) is 0.333. The van der Waals surface area contributed by atoms with Crippen LogP contribution < -0.4 is 5.32 Å². The van der Waals surface area contributed by atoms with Gasteiger partial charge in [0.1, 0.15) is 20.8 Å². The zero-order chi connectivity index (χ0) is 24.6. The van der Waals surface area contributed by atoms with Gasteiger partial charge in [0.05, 0.1) is 21.5 Å². The predicted molar refractivity (Wildman–Crippen MR) is 148 cm³/mol. The first-order chi connectivity index (χ1) is 16.9. The van der Waals surface area contributed by atoms with Gasteiger partial charge >= 0.3 is 0 Å². The van der Waals surface area contributed by atoms with Crippen molar-refractivity contribution >= 4 is 97.1 Å². The van der Waals surface area contributed by atoms with Gasteiger partial charge in [0.15, 0.2) is 0 Å². The van der Waals surface area contributed by atoms with Gasteiger partial charge in [-0.3, -0.25) is 9.59 Å². The largest absolute Gasteiger partial charge is 0.300 e. The molecule has 0 radical (unpaired) electrons. The average molecular weight is 605 g/mol. The second-order valence-corrected chi connectivity index (χ2v) is 14.3. The average Bonchev–Trinajstić information content (AvgIpc) is 3.59. The Morgan fingerprint density at radius 3 is 2.00 bits per heavy atom. The Hall–Kier alpha value is -1.41. The molecule has 0 aliphatic rings. The molecule has 0 unspecified atom stereocenters. The standard InChI is InChI=1S/C21H19Cl2N5O2S5/c22-15-3-1-13(32-15)9-12(29)10-20-27-25-18(34-20)5-7-31-8-6-19-26-28-21(35-19)24-17(30)11-14-2-4-16(23)33-14/h1-4H,5-11H2,(H,24,28,30). The topological polar surface area (TPSA) is 97.7 Å². The molecule has 0 aliphatic carbocycles. The van der Waals surface area contributed by atoms with E-state index in [9.17, 15) is 9.59 Å². The summed E-state index contributed by atoms with van der Waals surface area (Å²) in [5.74, 6) is 1.78. The Balaban J connectivity index is 1.11. The molecule has 4 heterocycles. The SMILES string of the molecule is O=C(Cc1ccc(Cl)s1)Cc1nnc(CCSCCc2nnc(NC(=O)Cc3ccc(Cl)s3)s2)s1. The highest BCUT2D eigenvalue weighted by atomic mass is 35.5. The van der Waals surface area contributed by atoms with E-state index in [-0.39, 0.29) is 18.1 Å². The van der Waals surface area contributed by atoms with E-state index in [1.165, 1.54) is 45.3 Å². The lowest BCUT2D eigenvalue weighted by atomic mass is 10.2. The highest BCUT2D eigenvalue weighted by Gasteiger charge is 2.13. The Kier molecular flexibility index (Phi) is 10.1. The van der Waals surface area contributed by atoms with Crippen molar-refractivity contribution in [3.8, 4) is 0 Å². The number of anilines is 1. The fourth-order valence-corrected chi connectivity index (χ4v) is 7.90. The van der Waals surface area contributed by atoms with E-state index < -0.39 is 0 Å². The molecule has 0 bridgehead atoms. The van der Waals surface area contributed by atoms with Crippen LogP contribution in [0.25, 0.3) is 0 Å². The van der Waals surface area contributed by atoms with Crippen LogP contribution in [0.15, 0.2) is 24.3 Å². The molecule has 7 nitrogen and oxygen atoms in total. The van der Waals surface area contributed by atoms with Crippen LogP contribution >= 0.6 is 80.3 Å². The van der Waals surface area contributed by atoms with E-state index in [1.807, 2.05) is 18.2 Å². The molecule has 4 aromatic heterocycles. The fourth-order valence-electron chi connectivity index (χ4n) is 2.93. The van der Waals surface area contributed by atoms with E-state index in [4.69, 9.17) is 23.2 Å². The quantitative estimate of drug-likeness (QED) is 0.191. The van der Waals surface area contributed by atoms with Gasteiger partial charge < -0.3 is 5.32 Å². The van der Waals surface area contributed by atoms with Crippen LogP contribution in [-0.2, 0) is 41.7 Å². The van der Waals surface area contributed by atoms with Crippen molar-refractivity contribution in [1.29, 1.82) is 0 Å². The zero-order valence-electron chi connectivity index (χ0n) is 18.2. The molecular formula is C21H19Cl2N5O2S5. The summed E-state index contributed by atoms with van der Waals surface area (Å²) in [7, 11) is 0. The second kappa shape index (κ2) is 13.2. The Morgan fingerprint density at radius 1 is 0.743 bits per heavy atom. The number of carbonyl (C=O) groups excluding carboxylic acids is 2. The number of nitrogens with one attached hydrogen (secondary N) is 1. The molecule has 0 atom stereocenters. The molecule has 4 rings (SSSR count). The molecule has 1 amide bonds. The van der Waals surface area contributed by atoms with E-state index in [2.05, 4.69) is 25.7 Å². The third kappa shape index (κ3) is 8.88. The number of ketones is 1. The van der Waals surface area contributed by atoms with Gasteiger partial charge in [0, 0.05) is 29.0 Å². The van der Waals surface area contributed by atoms with Gasteiger partial charge in [-0.2, -0.15) is 11.8 Å².